The van der Waals surface area contributed by atoms with Crippen LogP contribution in [0.4, 0.5) is 0 Å². The molecule has 128 valence electrons. The number of nitrogens with one attached hydrogen (secondary N) is 1. The zero-order valence-corrected chi connectivity index (χ0v) is 14.5. The number of halogens is 1. The number of carbonyl (C=O) groups is 3. The van der Waals surface area contributed by atoms with Gasteiger partial charge >= 0.3 is 5.97 Å². The average molecular weight is 369 g/mol. The summed E-state index contributed by atoms with van der Waals surface area (Å²) >= 11 is 7.28. The van der Waals surface area contributed by atoms with Gasteiger partial charge in [-0.25, -0.2) is 4.79 Å². The zero-order valence-electron chi connectivity index (χ0n) is 12.9. The number of amides is 2. The molecule has 2 heterocycles. The van der Waals surface area contributed by atoms with E-state index in [0.29, 0.717) is 0 Å². The number of rotatable bonds is 5. The van der Waals surface area contributed by atoms with Crippen molar-refractivity contribution < 1.29 is 19.5 Å². The Balaban J connectivity index is 1.69. The van der Waals surface area contributed by atoms with Gasteiger partial charge in [-0.15, -0.1) is 23.4 Å². The number of hydrogen-bond donors (Lipinski definition) is 2. The van der Waals surface area contributed by atoms with Crippen molar-refractivity contribution in [3.8, 4) is 0 Å². The summed E-state index contributed by atoms with van der Waals surface area (Å²) in [4.78, 5) is 37.4. The predicted octanol–water partition coefficient (Wildman–Crippen LogP) is 1.08. The third-order valence-corrected chi connectivity index (χ3v) is 6.71. The summed E-state index contributed by atoms with van der Waals surface area (Å²) in [6, 6.07) is 7.55. The van der Waals surface area contributed by atoms with Crippen LogP contribution >= 0.6 is 23.4 Å². The van der Waals surface area contributed by atoms with E-state index in [1.165, 1.54) is 16.7 Å². The first-order valence-corrected chi connectivity index (χ1v) is 8.91. The number of β-lactam (4-membered cyclic amide) rings is 1. The van der Waals surface area contributed by atoms with Crippen molar-refractivity contribution in [1.29, 1.82) is 0 Å². The van der Waals surface area contributed by atoms with Crippen LogP contribution in [0.3, 0.4) is 0 Å². The maximum absolute atomic E-state index is 12.3. The van der Waals surface area contributed by atoms with Crippen molar-refractivity contribution in [2.75, 3.05) is 5.88 Å². The smallest absolute Gasteiger partial charge is 0.327 e. The van der Waals surface area contributed by atoms with Gasteiger partial charge in [-0.2, -0.15) is 0 Å². The van der Waals surface area contributed by atoms with Crippen LogP contribution < -0.4 is 5.32 Å². The van der Waals surface area contributed by atoms with Crippen LogP contribution in [0, 0.1) is 0 Å². The monoisotopic (exact) mass is 368 g/mol. The molecule has 2 amide bonds. The first-order valence-electron chi connectivity index (χ1n) is 7.49. The van der Waals surface area contributed by atoms with Gasteiger partial charge in [-0.1, -0.05) is 30.3 Å². The number of carboxylic acid groups (broad SMARTS) is 1. The van der Waals surface area contributed by atoms with Crippen LogP contribution in [0.5, 0.6) is 0 Å². The lowest BCUT2D eigenvalue weighted by atomic mass is 9.95. The molecule has 3 rings (SSSR count). The number of carboxylic acids is 1. The minimum Gasteiger partial charge on any atom is -0.480 e. The molecule has 1 aromatic carbocycles. The molecule has 2 N–H and O–H groups in total. The highest BCUT2D eigenvalue weighted by atomic mass is 35.5. The fraction of sp³-hybridized carbons (Fsp3) is 0.438. The maximum atomic E-state index is 12.3. The minimum absolute atomic E-state index is 0.111. The van der Waals surface area contributed by atoms with E-state index >= 15 is 0 Å². The van der Waals surface area contributed by atoms with Crippen LogP contribution in [-0.4, -0.2) is 55.9 Å². The largest absolute Gasteiger partial charge is 0.480 e. The third kappa shape index (κ3) is 2.75. The van der Waals surface area contributed by atoms with Crippen LogP contribution in [0.15, 0.2) is 30.3 Å². The molecule has 24 heavy (non-hydrogen) atoms. The standard InChI is InChI=1S/C16H17ClN2O4S/c1-16(8-17)12(15(22)23)19-13(21)11(14(19)24-16)18-10(20)7-9-5-3-2-4-6-9/h2-6,11-12,14H,7-8H2,1H3,(H,18,20)(H,22,23). The maximum Gasteiger partial charge on any atom is 0.327 e. The van der Waals surface area contributed by atoms with E-state index < -0.39 is 22.8 Å². The molecule has 4 atom stereocenters. The quantitative estimate of drug-likeness (QED) is 0.600. The van der Waals surface area contributed by atoms with E-state index in [0.717, 1.165) is 5.56 Å². The van der Waals surface area contributed by atoms with Crippen LogP contribution in [0.2, 0.25) is 0 Å². The third-order valence-electron chi connectivity index (χ3n) is 4.35. The van der Waals surface area contributed by atoms with E-state index in [9.17, 15) is 19.5 Å². The molecule has 2 aliphatic rings. The molecule has 2 fully saturated rings. The summed E-state index contributed by atoms with van der Waals surface area (Å²) in [7, 11) is 0. The number of fused-ring (bicyclic) bond motifs is 1. The van der Waals surface area contributed by atoms with Gasteiger partial charge in [0.05, 0.1) is 11.2 Å². The zero-order chi connectivity index (χ0) is 17.5. The van der Waals surface area contributed by atoms with E-state index in [1.54, 1.807) is 6.92 Å². The minimum atomic E-state index is -1.07. The Morgan fingerprint density at radius 1 is 1.38 bits per heavy atom. The summed E-state index contributed by atoms with van der Waals surface area (Å²) in [5.74, 6) is -1.59. The van der Waals surface area contributed by atoms with Crippen LogP contribution in [0.1, 0.15) is 12.5 Å². The predicted molar refractivity (Wildman–Crippen MR) is 90.9 cm³/mol. The molecule has 4 unspecified atom stereocenters. The molecule has 1 aromatic rings. The highest BCUT2D eigenvalue weighted by Crippen LogP contribution is 2.51. The van der Waals surface area contributed by atoms with Crippen molar-refractivity contribution in [3.63, 3.8) is 0 Å². The Morgan fingerprint density at radius 2 is 2.04 bits per heavy atom. The number of nitrogens with zero attached hydrogens (tertiary/aromatic N) is 1. The Kier molecular flexibility index (Phi) is 4.48. The fourth-order valence-electron chi connectivity index (χ4n) is 3.14. The second-order valence-electron chi connectivity index (χ2n) is 6.15. The number of aliphatic carboxylic acids is 1. The van der Waals surface area contributed by atoms with Gasteiger partial charge in [0.2, 0.25) is 11.8 Å². The topological polar surface area (TPSA) is 86.7 Å². The van der Waals surface area contributed by atoms with Crippen LogP contribution in [-0.2, 0) is 20.8 Å². The second kappa shape index (κ2) is 6.29. The van der Waals surface area contributed by atoms with Crippen molar-refractivity contribution >= 4 is 41.1 Å². The molecular weight excluding hydrogens is 352 g/mol. The van der Waals surface area contributed by atoms with Crippen molar-refractivity contribution in [1.82, 2.24) is 10.2 Å². The molecule has 0 aliphatic carbocycles. The van der Waals surface area contributed by atoms with Gasteiger partial charge in [0.25, 0.3) is 0 Å². The summed E-state index contributed by atoms with van der Waals surface area (Å²) in [6.45, 7) is 1.73. The molecule has 2 aliphatic heterocycles. The van der Waals surface area contributed by atoms with Crippen molar-refractivity contribution in [2.24, 2.45) is 0 Å². The molecule has 2 saturated heterocycles. The lowest BCUT2D eigenvalue weighted by molar-refractivity contribution is -0.161. The van der Waals surface area contributed by atoms with E-state index in [2.05, 4.69) is 5.32 Å². The highest BCUT2D eigenvalue weighted by Gasteiger charge is 2.65. The van der Waals surface area contributed by atoms with Gasteiger partial charge in [-0.3, -0.25) is 9.59 Å². The highest BCUT2D eigenvalue weighted by molar-refractivity contribution is 8.01. The SMILES string of the molecule is CC1(CCl)SC2C(NC(=O)Cc3ccccc3)C(=O)N2C1C(=O)O. The Hall–Kier alpha value is -1.73. The lowest BCUT2D eigenvalue weighted by Gasteiger charge is -2.43. The molecule has 0 spiro atoms. The first kappa shape index (κ1) is 17.1. The number of hydrogen-bond acceptors (Lipinski definition) is 4. The van der Waals surface area contributed by atoms with Gasteiger partial charge in [0.1, 0.15) is 17.5 Å². The lowest BCUT2D eigenvalue weighted by Crippen LogP contribution is -2.70. The van der Waals surface area contributed by atoms with Crippen molar-refractivity contribution in [3.05, 3.63) is 35.9 Å². The summed E-state index contributed by atoms with van der Waals surface area (Å²) in [5.41, 5.74) is 0.853. The molecule has 0 bridgehead atoms. The number of alkyl halides is 1. The van der Waals surface area contributed by atoms with Gasteiger partial charge in [-0.05, 0) is 12.5 Å². The van der Waals surface area contributed by atoms with Crippen LogP contribution in [0.25, 0.3) is 0 Å². The molecule has 0 saturated carbocycles. The fourth-order valence-corrected chi connectivity index (χ4v) is 5.10. The second-order valence-corrected chi connectivity index (χ2v) is 8.07. The van der Waals surface area contributed by atoms with Crippen molar-refractivity contribution in [2.45, 2.75) is 35.5 Å². The van der Waals surface area contributed by atoms with E-state index in [4.69, 9.17) is 11.6 Å². The summed E-state index contributed by atoms with van der Waals surface area (Å²) < 4.78 is -0.771. The van der Waals surface area contributed by atoms with E-state index in [-0.39, 0.29) is 29.5 Å². The average Bonchev–Trinajstić information content (AvgIpc) is 2.84. The molecule has 0 radical (unpaired) electrons. The molecule has 0 aromatic heterocycles. The normalized spacial score (nSPS) is 31.3. The number of thioether (sulfide) groups is 1. The number of benzene rings is 1. The van der Waals surface area contributed by atoms with E-state index in [1.807, 2.05) is 30.3 Å². The molecule has 6 nitrogen and oxygen atoms in total. The Labute approximate surface area is 148 Å². The Morgan fingerprint density at radius 3 is 2.62 bits per heavy atom. The van der Waals surface area contributed by atoms with Gasteiger partial charge in [0.15, 0.2) is 0 Å². The van der Waals surface area contributed by atoms with Gasteiger partial charge < -0.3 is 15.3 Å². The summed E-state index contributed by atoms with van der Waals surface area (Å²) in [5, 5.41) is 11.8. The first-order chi connectivity index (χ1) is 11.4. The number of carbonyl (C=O) groups excluding carboxylic acids is 2. The summed E-state index contributed by atoms with van der Waals surface area (Å²) in [6.07, 6.45) is 0.178. The molecule has 8 heteroatoms. The van der Waals surface area contributed by atoms with Gasteiger partial charge in [0, 0.05) is 5.88 Å². The molecular formula is C16H17ClN2O4S. The Bertz CT molecular complexity index is 686.